The summed E-state index contributed by atoms with van der Waals surface area (Å²) in [6.45, 7) is 6.23. The molecular formula is C25H23F3N4O3. The van der Waals surface area contributed by atoms with E-state index in [-0.39, 0.29) is 23.4 Å². The van der Waals surface area contributed by atoms with E-state index in [4.69, 9.17) is 14.7 Å². The molecule has 182 valence electrons. The van der Waals surface area contributed by atoms with Crippen LogP contribution in [0.3, 0.4) is 0 Å². The molecule has 0 aliphatic rings. The Kier molecular flexibility index (Phi) is 6.19. The summed E-state index contributed by atoms with van der Waals surface area (Å²) in [5.41, 5.74) is 0.825. The predicted octanol–water partition coefficient (Wildman–Crippen LogP) is 5.79. The summed E-state index contributed by atoms with van der Waals surface area (Å²) < 4.78 is 54.2. The molecule has 0 spiro atoms. The van der Waals surface area contributed by atoms with Crippen LogP contribution in [0, 0.1) is 24.1 Å². The van der Waals surface area contributed by atoms with Gasteiger partial charge in [0.2, 0.25) is 0 Å². The number of hydrogen-bond donors (Lipinski definition) is 0. The quantitative estimate of drug-likeness (QED) is 0.358. The van der Waals surface area contributed by atoms with Gasteiger partial charge in [0.05, 0.1) is 17.6 Å². The average molecular weight is 484 g/mol. The molecule has 4 aromatic rings. The van der Waals surface area contributed by atoms with Gasteiger partial charge in [-0.1, -0.05) is 0 Å². The molecule has 0 bridgehead atoms. The fourth-order valence-corrected chi connectivity index (χ4v) is 3.90. The van der Waals surface area contributed by atoms with Gasteiger partial charge < -0.3 is 9.47 Å². The first kappa shape index (κ1) is 24.1. The van der Waals surface area contributed by atoms with Gasteiger partial charge in [-0.25, -0.2) is 18.0 Å². The summed E-state index contributed by atoms with van der Waals surface area (Å²) in [5.74, 6) is -0.530. The molecule has 0 fully saturated rings. The van der Waals surface area contributed by atoms with Crippen molar-refractivity contribution >= 4 is 27.9 Å². The van der Waals surface area contributed by atoms with Crippen LogP contribution in [0.2, 0.25) is 0 Å². The zero-order valence-corrected chi connectivity index (χ0v) is 19.6. The summed E-state index contributed by atoms with van der Waals surface area (Å²) in [6.07, 6.45) is -0.132. The van der Waals surface area contributed by atoms with Crippen LogP contribution in [0.25, 0.3) is 21.8 Å². The van der Waals surface area contributed by atoms with Gasteiger partial charge in [0.25, 0.3) is 6.43 Å². The maximum atomic E-state index is 14.6. The molecule has 0 radical (unpaired) electrons. The van der Waals surface area contributed by atoms with Gasteiger partial charge in [-0.2, -0.15) is 10.4 Å². The topological polar surface area (TPSA) is 82.1 Å². The van der Waals surface area contributed by atoms with E-state index in [2.05, 4.69) is 5.10 Å². The van der Waals surface area contributed by atoms with Crippen LogP contribution < -0.4 is 4.74 Å². The number of fused-ring (bicyclic) bond motifs is 2. The molecule has 0 saturated heterocycles. The Morgan fingerprint density at radius 2 is 2.00 bits per heavy atom. The molecule has 35 heavy (non-hydrogen) atoms. The first-order valence-corrected chi connectivity index (χ1v) is 10.8. The minimum atomic E-state index is -2.68. The minimum absolute atomic E-state index is 0.0220. The fourth-order valence-electron chi connectivity index (χ4n) is 3.90. The molecule has 0 atom stereocenters. The first-order valence-electron chi connectivity index (χ1n) is 10.8. The number of carbonyl (C=O) groups is 1. The van der Waals surface area contributed by atoms with Crippen LogP contribution in [-0.2, 0) is 11.3 Å². The van der Waals surface area contributed by atoms with Crippen LogP contribution in [0.5, 0.6) is 5.75 Å². The van der Waals surface area contributed by atoms with Crippen LogP contribution in [0.4, 0.5) is 18.0 Å². The Hall–Kier alpha value is -4.00. The monoisotopic (exact) mass is 484 g/mol. The van der Waals surface area contributed by atoms with Crippen molar-refractivity contribution < 1.29 is 27.4 Å². The number of benzene rings is 2. The Bertz CT molecular complexity index is 1480. The van der Waals surface area contributed by atoms with E-state index in [0.29, 0.717) is 27.4 Å². The molecule has 0 unspecified atom stereocenters. The van der Waals surface area contributed by atoms with E-state index in [0.717, 1.165) is 0 Å². The second-order valence-electron chi connectivity index (χ2n) is 9.10. The van der Waals surface area contributed by atoms with Crippen molar-refractivity contribution in [2.24, 2.45) is 0 Å². The number of nitrogens with zero attached hydrogens (tertiary/aromatic N) is 4. The van der Waals surface area contributed by atoms with Gasteiger partial charge >= 0.3 is 6.09 Å². The van der Waals surface area contributed by atoms with E-state index < -0.39 is 30.5 Å². The molecule has 4 rings (SSSR count). The van der Waals surface area contributed by atoms with Gasteiger partial charge in [-0.05, 0) is 57.5 Å². The van der Waals surface area contributed by atoms with Crippen molar-refractivity contribution in [2.75, 3.05) is 6.61 Å². The smallest absolute Gasteiger partial charge is 0.419 e. The number of ether oxygens (including phenoxy) is 2. The van der Waals surface area contributed by atoms with Gasteiger partial charge in [0.1, 0.15) is 29.5 Å². The maximum absolute atomic E-state index is 14.6. The lowest BCUT2D eigenvalue weighted by molar-refractivity contribution is 0.0544. The predicted molar refractivity (Wildman–Crippen MR) is 123 cm³/mol. The number of carbonyl (C=O) groups excluding carboxylic acids is 1. The summed E-state index contributed by atoms with van der Waals surface area (Å²) >= 11 is 0. The normalized spacial score (nSPS) is 11.9. The minimum Gasteiger partial charge on any atom is -0.487 e. The molecule has 0 amide bonds. The molecule has 2 aromatic heterocycles. The highest BCUT2D eigenvalue weighted by molar-refractivity contribution is 5.95. The summed E-state index contributed by atoms with van der Waals surface area (Å²) in [7, 11) is 0. The zero-order valence-electron chi connectivity index (χ0n) is 19.6. The first-order chi connectivity index (χ1) is 16.5. The van der Waals surface area contributed by atoms with Crippen LogP contribution >= 0.6 is 0 Å². The Morgan fingerprint density at radius 1 is 1.26 bits per heavy atom. The third kappa shape index (κ3) is 4.80. The molecule has 0 aliphatic carbocycles. The number of nitriles is 1. The third-order valence-electron chi connectivity index (χ3n) is 5.29. The lowest BCUT2D eigenvalue weighted by atomic mass is 10.0. The van der Waals surface area contributed by atoms with Crippen molar-refractivity contribution in [3.05, 3.63) is 59.2 Å². The highest BCUT2D eigenvalue weighted by Crippen LogP contribution is 2.34. The van der Waals surface area contributed by atoms with E-state index >= 15 is 0 Å². The van der Waals surface area contributed by atoms with Crippen molar-refractivity contribution in [3.63, 3.8) is 0 Å². The van der Waals surface area contributed by atoms with Gasteiger partial charge in [0.15, 0.2) is 5.82 Å². The van der Waals surface area contributed by atoms with Crippen LogP contribution in [0.1, 0.15) is 37.5 Å². The van der Waals surface area contributed by atoms with Gasteiger partial charge in [-0.3, -0.25) is 9.25 Å². The molecule has 7 nitrogen and oxygen atoms in total. The highest BCUT2D eigenvalue weighted by Gasteiger charge is 2.23. The number of rotatable bonds is 5. The Balaban J connectivity index is 1.84. The fraction of sp³-hybridized carbons (Fsp3) is 0.320. The second kappa shape index (κ2) is 8.98. The van der Waals surface area contributed by atoms with Crippen molar-refractivity contribution in [1.29, 1.82) is 5.26 Å². The molecule has 10 heteroatoms. The van der Waals surface area contributed by atoms with E-state index in [1.165, 1.54) is 15.3 Å². The molecule has 0 saturated carbocycles. The lowest BCUT2D eigenvalue weighted by Crippen LogP contribution is -2.26. The third-order valence-corrected chi connectivity index (χ3v) is 5.29. The standard InChI is InChI=1S/C25H23F3N4O3/c1-14-9-19(34-13-20(26)27)18(17-7-8-32(23(14)17)24(33)35-25(2,3)4)12-31-11-16-6-5-15(10-29)21(28)22(16)30-31/h5-9,11,20H,12-13H2,1-4H3. The number of aromatic nitrogens is 3. The van der Waals surface area contributed by atoms with E-state index in [1.54, 1.807) is 64.4 Å². The largest absolute Gasteiger partial charge is 0.487 e. The van der Waals surface area contributed by atoms with Crippen LogP contribution in [-0.4, -0.2) is 39.1 Å². The lowest BCUT2D eigenvalue weighted by Gasteiger charge is -2.20. The van der Waals surface area contributed by atoms with Gasteiger partial charge in [-0.15, -0.1) is 0 Å². The summed E-state index contributed by atoms with van der Waals surface area (Å²) in [6, 6.07) is 7.99. The zero-order chi connectivity index (χ0) is 25.5. The molecule has 2 heterocycles. The number of aryl methyl sites for hydroxylation is 1. The summed E-state index contributed by atoms with van der Waals surface area (Å²) in [4.78, 5) is 12.8. The second-order valence-corrected chi connectivity index (χ2v) is 9.10. The molecule has 2 aromatic carbocycles. The summed E-state index contributed by atoms with van der Waals surface area (Å²) in [5, 5.41) is 14.4. The molecular weight excluding hydrogens is 461 g/mol. The molecule has 0 aliphatic heterocycles. The van der Waals surface area contributed by atoms with Crippen molar-refractivity contribution in [3.8, 4) is 11.8 Å². The number of halogens is 3. The number of hydrogen-bond acceptors (Lipinski definition) is 5. The van der Waals surface area contributed by atoms with E-state index in [1.807, 2.05) is 0 Å². The number of alkyl halides is 2. The van der Waals surface area contributed by atoms with Crippen molar-refractivity contribution in [1.82, 2.24) is 14.3 Å². The Labute approximate surface area is 199 Å². The van der Waals surface area contributed by atoms with Crippen molar-refractivity contribution in [2.45, 2.75) is 46.3 Å². The highest BCUT2D eigenvalue weighted by atomic mass is 19.3. The Morgan fingerprint density at radius 3 is 2.66 bits per heavy atom. The average Bonchev–Trinajstić information content (AvgIpc) is 3.39. The van der Waals surface area contributed by atoms with E-state index in [9.17, 15) is 18.0 Å². The maximum Gasteiger partial charge on any atom is 0.419 e. The molecule has 0 N–H and O–H groups in total. The van der Waals surface area contributed by atoms with Crippen LogP contribution in [0.15, 0.2) is 36.7 Å². The SMILES string of the molecule is Cc1cc(OCC(F)F)c(Cn2cc3ccc(C#N)c(F)c3n2)c2ccn(C(=O)OC(C)(C)C)c12. The van der Waals surface area contributed by atoms with Gasteiger partial charge in [0, 0.05) is 28.7 Å².